The summed E-state index contributed by atoms with van der Waals surface area (Å²) in [5.41, 5.74) is 0. The molecule has 0 aromatic rings. The fourth-order valence-corrected chi connectivity index (χ4v) is 4.41. The first-order valence-electron chi connectivity index (χ1n) is 16.8. The van der Waals surface area contributed by atoms with Gasteiger partial charge in [-0.05, 0) is 51.4 Å². The van der Waals surface area contributed by atoms with Crippen molar-refractivity contribution >= 4 is 5.91 Å². The van der Waals surface area contributed by atoms with Gasteiger partial charge < -0.3 is 20.6 Å². The van der Waals surface area contributed by atoms with Crippen LogP contribution in [0.1, 0.15) is 129 Å². The van der Waals surface area contributed by atoms with Crippen molar-refractivity contribution in [3.8, 4) is 0 Å². The molecule has 240 valence electrons. The van der Waals surface area contributed by atoms with Gasteiger partial charge in [0.2, 0.25) is 5.91 Å². The molecule has 1 unspecified atom stereocenters. The van der Waals surface area contributed by atoms with E-state index in [4.69, 9.17) is 0 Å². The summed E-state index contributed by atoms with van der Waals surface area (Å²) in [5.74, 6) is -0.141. The number of hydrogen-bond donors (Lipinski definition) is 4. The number of rotatable bonds is 28. The molecule has 1 amide bonds. The number of allylic oxidation sites excluding steroid dienone is 9. The number of aliphatic hydroxyl groups is 3. The van der Waals surface area contributed by atoms with E-state index >= 15 is 0 Å². The Bertz CT molecular complexity index is 781. The summed E-state index contributed by atoms with van der Waals surface area (Å²) < 4.78 is 0. The second-order valence-electron chi connectivity index (χ2n) is 11.0. The molecule has 0 spiro atoms. The second-order valence-corrected chi connectivity index (χ2v) is 11.0. The molecule has 0 rings (SSSR count). The van der Waals surface area contributed by atoms with Gasteiger partial charge in [-0.1, -0.05) is 145 Å². The highest BCUT2D eigenvalue weighted by atomic mass is 16.3. The smallest absolute Gasteiger partial charge is 0.220 e. The van der Waals surface area contributed by atoms with E-state index < -0.39 is 18.2 Å². The summed E-state index contributed by atoms with van der Waals surface area (Å²) in [5, 5.41) is 32.4. The molecule has 42 heavy (non-hydrogen) atoms. The zero-order valence-corrected chi connectivity index (χ0v) is 26.8. The molecule has 0 heterocycles. The van der Waals surface area contributed by atoms with Crippen molar-refractivity contribution in [3.63, 3.8) is 0 Å². The lowest BCUT2D eigenvalue weighted by Crippen LogP contribution is -2.45. The van der Waals surface area contributed by atoms with E-state index in [1.54, 1.807) is 6.08 Å². The fourth-order valence-electron chi connectivity index (χ4n) is 4.41. The Labute approximate surface area is 258 Å². The van der Waals surface area contributed by atoms with Crippen molar-refractivity contribution in [2.45, 2.75) is 148 Å². The fraction of sp³-hybridized carbons (Fsp3) is 0.649. The number of hydrogen-bond acceptors (Lipinski definition) is 4. The summed E-state index contributed by atoms with van der Waals surface area (Å²) in [6, 6.07) is -0.666. The Balaban J connectivity index is 3.87. The van der Waals surface area contributed by atoms with Crippen molar-refractivity contribution in [3.05, 3.63) is 72.9 Å². The van der Waals surface area contributed by atoms with Crippen molar-refractivity contribution in [2.24, 2.45) is 0 Å². The standard InChI is InChI=1S/C37H63NO4/c1-3-5-7-8-9-10-11-15-18-21-24-27-31-36(41)35(33-39)38-37(42)32-28-25-22-19-16-13-12-14-17-20-23-26-30-34(40)29-6-4-2/h6,12-13,17,19-20,22-23,26-27,29,31,34-36,39-41H,3-5,7-11,14-16,18,21,24-25,28,30,32-33H2,1-2H3,(H,38,42)/b13-12-,20-17-,22-19-,26-23+,29-6-,31-27+/t34?,35-,36+/m0/s1. The maximum absolute atomic E-state index is 12.2. The van der Waals surface area contributed by atoms with Crippen molar-refractivity contribution in [1.29, 1.82) is 0 Å². The number of carbonyl (C=O) groups excluding carboxylic acids is 1. The van der Waals surface area contributed by atoms with Crippen LogP contribution in [0, 0.1) is 0 Å². The molecule has 0 aromatic heterocycles. The van der Waals surface area contributed by atoms with Gasteiger partial charge in [0.1, 0.15) is 0 Å². The minimum absolute atomic E-state index is 0.141. The van der Waals surface area contributed by atoms with Crippen LogP contribution >= 0.6 is 0 Å². The molecule has 0 saturated carbocycles. The maximum atomic E-state index is 12.2. The van der Waals surface area contributed by atoms with Crippen LogP contribution in [0.25, 0.3) is 0 Å². The molecule has 0 radical (unpaired) electrons. The van der Waals surface area contributed by atoms with Gasteiger partial charge >= 0.3 is 0 Å². The molecular weight excluding hydrogens is 522 g/mol. The highest BCUT2D eigenvalue weighted by Crippen LogP contribution is 2.12. The van der Waals surface area contributed by atoms with Gasteiger partial charge in [0.05, 0.1) is 24.9 Å². The SMILES string of the molecule is CC/C=C\C(O)C/C=C/C=C\C/C=C\C/C=C\CCCC(=O)N[C@@H](CO)[C@H](O)/C=C/CCCCCCCCCCCC. The molecule has 0 aliphatic heterocycles. The number of unbranched alkanes of at least 4 members (excludes halogenated alkanes) is 11. The van der Waals surface area contributed by atoms with E-state index in [0.717, 1.165) is 44.9 Å². The highest BCUT2D eigenvalue weighted by molar-refractivity contribution is 5.76. The Hall–Kier alpha value is -2.21. The Kier molecular flexibility index (Phi) is 30.1. The summed E-state index contributed by atoms with van der Waals surface area (Å²) in [4.78, 5) is 12.2. The Morgan fingerprint density at radius 3 is 1.93 bits per heavy atom. The number of amides is 1. The predicted molar refractivity (Wildman–Crippen MR) is 180 cm³/mol. The molecule has 0 aliphatic rings. The van der Waals surface area contributed by atoms with Gasteiger partial charge in [-0.15, -0.1) is 0 Å². The van der Waals surface area contributed by atoms with E-state index in [9.17, 15) is 20.1 Å². The third kappa shape index (κ3) is 27.9. The van der Waals surface area contributed by atoms with Gasteiger partial charge in [0, 0.05) is 6.42 Å². The van der Waals surface area contributed by atoms with Crippen LogP contribution in [0.4, 0.5) is 0 Å². The lowest BCUT2D eigenvalue weighted by molar-refractivity contribution is -0.122. The first-order valence-corrected chi connectivity index (χ1v) is 16.8. The first kappa shape index (κ1) is 39.8. The minimum Gasteiger partial charge on any atom is -0.394 e. The van der Waals surface area contributed by atoms with Gasteiger partial charge in [-0.25, -0.2) is 0 Å². The quantitative estimate of drug-likeness (QED) is 0.0420. The van der Waals surface area contributed by atoms with Crippen molar-refractivity contribution in [1.82, 2.24) is 5.32 Å². The number of nitrogens with one attached hydrogen (secondary N) is 1. The van der Waals surface area contributed by atoms with Crippen molar-refractivity contribution in [2.75, 3.05) is 6.61 Å². The van der Waals surface area contributed by atoms with Crippen LogP contribution in [0.5, 0.6) is 0 Å². The molecule has 0 aliphatic carbocycles. The van der Waals surface area contributed by atoms with Crippen molar-refractivity contribution < 1.29 is 20.1 Å². The Morgan fingerprint density at radius 1 is 0.667 bits per heavy atom. The summed E-state index contributed by atoms with van der Waals surface area (Å²) >= 11 is 0. The van der Waals surface area contributed by atoms with Crippen LogP contribution in [0.2, 0.25) is 0 Å². The average Bonchev–Trinajstić information content (AvgIpc) is 2.99. The van der Waals surface area contributed by atoms with Crippen LogP contribution in [-0.2, 0) is 4.79 Å². The minimum atomic E-state index is -0.875. The first-order chi connectivity index (χ1) is 20.5. The molecule has 5 nitrogen and oxygen atoms in total. The summed E-state index contributed by atoms with van der Waals surface area (Å²) in [7, 11) is 0. The molecule has 0 bridgehead atoms. The molecule has 0 saturated heterocycles. The van der Waals surface area contributed by atoms with E-state index in [1.807, 2.05) is 43.4 Å². The molecule has 0 fully saturated rings. The predicted octanol–water partition coefficient (Wildman–Crippen LogP) is 8.58. The molecular formula is C37H63NO4. The van der Waals surface area contributed by atoms with Crippen LogP contribution in [-0.4, -0.2) is 46.1 Å². The molecule has 3 atom stereocenters. The molecule has 5 heteroatoms. The third-order valence-corrected chi connectivity index (χ3v) is 7.02. The van der Waals surface area contributed by atoms with E-state index in [0.29, 0.717) is 12.8 Å². The average molecular weight is 586 g/mol. The summed E-state index contributed by atoms with van der Waals surface area (Å²) in [6.07, 6.45) is 41.8. The van der Waals surface area contributed by atoms with Gasteiger partial charge in [-0.3, -0.25) is 4.79 Å². The van der Waals surface area contributed by atoms with Crippen LogP contribution < -0.4 is 5.32 Å². The van der Waals surface area contributed by atoms with Gasteiger partial charge in [-0.2, -0.15) is 0 Å². The van der Waals surface area contributed by atoms with Gasteiger partial charge in [0.15, 0.2) is 0 Å². The maximum Gasteiger partial charge on any atom is 0.220 e. The zero-order chi connectivity index (χ0) is 30.9. The highest BCUT2D eigenvalue weighted by Gasteiger charge is 2.17. The Morgan fingerprint density at radius 2 is 1.26 bits per heavy atom. The summed E-state index contributed by atoms with van der Waals surface area (Å²) in [6.45, 7) is 4.02. The lowest BCUT2D eigenvalue weighted by atomic mass is 10.1. The topological polar surface area (TPSA) is 89.8 Å². The number of aliphatic hydroxyl groups excluding tert-OH is 3. The monoisotopic (exact) mass is 585 g/mol. The number of carbonyl (C=O) groups is 1. The van der Waals surface area contributed by atoms with E-state index in [-0.39, 0.29) is 12.5 Å². The van der Waals surface area contributed by atoms with Crippen LogP contribution in [0.3, 0.4) is 0 Å². The van der Waals surface area contributed by atoms with E-state index in [2.05, 4.69) is 42.6 Å². The van der Waals surface area contributed by atoms with E-state index in [1.165, 1.54) is 57.8 Å². The second kappa shape index (κ2) is 31.7. The van der Waals surface area contributed by atoms with Gasteiger partial charge in [0.25, 0.3) is 0 Å². The lowest BCUT2D eigenvalue weighted by Gasteiger charge is -2.19. The van der Waals surface area contributed by atoms with Crippen LogP contribution in [0.15, 0.2) is 72.9 Å². The zero-order valence-electron chi connectivity index (χ0n) is 26.8. The molecule has 0 aromatic carbocycles. The normalized spacial score (nSPS) is 14.9. The third-order valence-electron chi connectivity index (χ3n) is 7.02. The molecule has 4 N–H and O–H groups in total. The largest absolute Gasteiger partial charge is 0.394 e.